The number of rotatable bonds is 8. The smallest absolute Gasteiger partial charge is 0.360 e. The number of aromatic carboxylic acids is 1. The van der Waals surface area contributed by atoms with Crippen molar-refractivity contribution >= 4 is 45.2 Å². The zero-order valence-corrected chi connectivity index (χ0v) is 26.7. The Labute approximate surface area is 286 Å². The first-order valence-electron chi connectivity index (χ1n) is 15.4. The van der Waals surface area contributed by atoms with Crippen LogP contribution in [0.4, 0.5) is 0 Å². The minimum Gasteiger partial charge on any atom is -0.481 e. The highest BCUT2D eigenvalue weighted by molar-refractivity contribution is 5.95. The van der Waals surface area contributed by atoms with Gasteiger partial charge in [0.1, 0.15) is 13.2 Å². The first kappa shape index (κ1) is 32.3. The first-order valence-corrected chi connectivity index (χ1v) is 15.4. The zero-order chi connectivity index (χ0) is 35.5. The maximum atomic E-state index is 12.9. The van der Waals surface area contributed by atoms with E-state index in [1.54, 1.807) is 48.5 Å². The monoisotopic (exact) mass is 686 g/mol. The van der Waals surface area contributed by atoms with Crippen molar-refractivity contribution in [1.29, 1.82) is 0 Å². The van der Waals surface area contributed by atoms with Crippen molar-refractivity contribution in [1.82, 2.24) is 19.1 Å². The molecule has 4 heterocycles. The van der Waals surface area contributed by atoms with Gasteiger partial charge < -0.3 is 28.4 Å². The van der Waals surface area contributed by atoms with Gasteiger partial charge >= 0.3 is 23.1 Å². The average molecular weight is 687 g/mol. The Hall–Kier alpha value is -7.22. The van der Waals surface area contributed by atoms with Gasteiger partial charge in [-0.3, -0.25) is 9.59 Å². The van der Waals surface area contributed by atoms with Crippen LogP contribution in [0.15, 0.2) is 128 Å². The van der Waals surface area contributed by atoms with Gasteiger partial charge in [0.25, 0.3) is 0 Å². The molecule has 14 heteroatoms. The molecule has 0 radical (unpaired) electrons. The van der Waals surface area contributed by atoms with E-state index in [0.29, 0.717) is 21.9 Å². The highest BCUT2D eigenvalue weighted by Crippen LogP contribution is 2.24. The molecule has 8 rings (SSSR count). The lowest BCUT2D eigenvalue weighted by Gasteiger charge is -2.09. The van der Waals surface area contributed by atoms with Gasteiger partial charge in [0.05, 0.1) is 17.9 Å². The average Bonchev–Trinajstić information content (AvgIpc) is 3.74. The highest BCUT2D eigenvalue weighted by atomic mass is 16.5. The van der Waals surface area contributed by atoms with Crippen molar-refractivity contribution < 1.29 is 38.0 Å². The van der Waals surface area contributed by atoms with E-state index in [0.717, 1.165) is 20.3 Å². The lowest BCUT2D eigenvalue weighted by atomic mass is 10.2. The number of carbonyl (C=O) groups excluding carboxylic acids is 1. The molecule has 0 saturated heterocycles. The largest absolute Gasteiger partial charge is 0.481 e. The fourth-order valence-electron chi connectivity index (χ4n) is 5.25. The number of hydrogen-bond acceptors (Lipinski definition) is 11. The van der Waals surface area contributed by atoms with Crippen molar-refractivity contribution in [3.63, 3.8) is 0 Å². The van der Waals surface area contributed by atoms with Crippen molar-refractivity contribution in [2.24, 2.45) is 0 Å². The van der Waals surface area contributed by atoms with Gasteiger partial charge in [0.15, 0.2) is 33.8 Å². The van der Waals surface area contributed by atoms with Gasteiger partial charge in [-0.1, -0.05) is 84.9 Å². The SMILES string of the molecule is COC(=O)c1nc2c3ccccc3on2c(=O)c1OCc1ccccc1.O=C(O)c1nc2c3ccccc3on2c(=O)c1OCc1ccccc1. The number of carbonyl (C=O) groups is 2. The van der Waals surface area contributed by atoms with E-state index in [9.17, 15) is 24.3 Å². The predicted octanol–water partition coefficient (Wildman–Crippen LogP) is 5.52. The lowest BCUT2D eigenvalue weighted by Crippen LogP contribution is -2.22. The van der Waals surface area contributed by atoms with Crippen LogP contribution < -0.4 is 20.6 Å². The summed E-state index contributed by atoms with van der Waals surface area (Å²) in [6.07, 6.45) is 0. The summed E-state index contributed by atoms with van der Waals surface area (Å²) >= 11 is 0. The van der Waals surface area contributed by atoms with Gasteiger partial charge in [0.2, 0.25) is 11.5 Å². The summed E-state index contributed by atoms with van der Waals surface area (Å²) in [5.41, 5.74) is 1.01. The maximum Gasteiger partial charge on any atom is 0.360 e. The molecule has 1 N–H and O–H groups in total. The van der Waals surface area contributed by atoms with Crippen LogP contribution >= 0.6 is 0 Å². The summed E-state index contributed by atoms with van der Waals surface area (Å²) in [6, 6.07) is 32.3. The van der Waals surface area contributed by atoms with Gasteiger partial charge in [-0.05, 0) is 35.4 Å². The van der Waals surface area contributed by atoms with E-state index in [2.05, 4.69) is 9.97 Å². The van der Waals surface area contributed by atoms with E-state index < -0.39 is 28.8 Å². The van der Waals surface area contributed by atoms with E-state index >= 15 is 0 Å². The molecule has 51 heavy (non-hydrogen) atoms. The number of fused-ring (bicyclic) bond motifs is 6. The molecule has 0 fully saturated rings. The quantitative estimate of drug-likeness (QED) is 0.198. The van der Waals surface area contributed by atoms with Crippen molar-refractivity contribution in [2.45, 2.75) is 13.2 Å². The second-order valence-electron chi connectivity index (χ2n) is 10.9. The Balaban J connectivity index is 0.000000159. The van der Waals surface area contributed by atoms with Crippen LogP contribution in [0.25, 0.3) is 33.2 Å². The fraction of sp³-hybridized carbons (Fsp3) is 0.0811. The Bertz CT molecular complexity index is 2680. The second-order valence-corrected chi connectivity index (χ2v) is 10.9. The minimum atomic E-state index is -1.34. The molecule has 4 aromatic carbocycles. The molecule has 14 nitrogen and oxygen atoms in total. The van der Waals surface area contributed by atoms with E-state index in [-0.39, 0.29) is 41.7 Å². The van der Waals surface area contributed by atoms with E-state index in [1.165, 1.54) is 7.11 Å². The molecule has 0 spiro atoms. The third-order valence-corrected chi connectivity index (χ3v) is 7.68. The minimum absolute atomic E-state index is 0.0460. The van der Waals surface area contributed by atoms with Crippen LogP contribution in [-0.2, 0) is 18.0 Å². The van der Waals surface area contributed by atoms with Crippen molar-refractivity contribution in [2.75, 3.05) is 7.11 Å². The molecule has 0 aliphatic rings. The van der Waals surface area contributed by atoms with Gasteiger partial charge in [-0.15, -0.1) is 9.15 Å². The van der Waals surface area contributed by atoms with E-state index in [4.69, 9.17) is 23.3 Å². The molecule has 0 atom stereocenters. The number of carboxylic acids is 1. The number of carboxylic acid groups (broad SMARTS) is 1. The molecule has 0 aliphatic heterocycles. The third-order valence-electron chi connectivity index (χ3n) is 7.68. The summed E-state index contributed by atoms with van der Waals surface area (Å²) in [7, 11) is 1.22. The van der Waals surface area contributed by atoms with Crippen LogP contribution in [0.3, 0.4) is 0 Å². The standard InChI is InChI=1S/C19H14N2O5.C18H12N2O5/c1-24-19(23)15-16(25-11-12-7-3-2-4-8-12)18(22)21-17(20-15)13-9-5-6-10-14(13)26-21;21-17-15(24-10-11-6-2-1-3-7-11)14(18(22)23)19-16-12-8-4-5-9-13(12)25-20(16)17/h2-10H,11H2,1H3;1-9H,10H2,(H,22,23). The summed E-state index contributed by atoms with van der Waals surface area (Å²) < 4.78 is 28.9. The number of aromatic nitrogens is 4. The molecule has 254 valence electrons. The summed E-state index contributed by atoms with van der Waals surface area (Å²) in [6.45, 7) is 0.151. The Morgan fingerprint density at radius 1 is 0.627 bits per heavy atom. The Morgan fingerprint density at radius 2 is 1.04 bits per heavy atom. The summed E-state index contributed by atoms with van der Waals surface area (Å²) in [4.78, 5) is 57.6. The topological polar surface area (TPSA) is 177 Å². The maximum absolute atomic E-state index is 12.9. The fourth-order valence-corrected chi connectivity index (χ4v) is 5.25. The number of ether oxygens (including phenoxy) is 3. The first-order chi connectivity index (χ1) is 24.8. The van der Waals surface area contributed by atoms with Gasteiger partial charge in [-0.25, -0.2) is 19.6 Å². The molecule has 0 aliphatic carbocycles. The Kier molecular flexibility index (Phi) is 8.70. The number of para-hydroxylation sites is 2. The molecule has 0 bridgehead atoms. The van der Waals surface area contributed by atoms with Crippen molar-refractivity contribution in [3.05, 3.63) is 152 Å². The van der Waals surface area contributed by atoms with Crippen molar-refractivity contribution in [3.8, 4) is 11.5 Å². The molecular formula is C37H26N4O10. The molecular weight excluding hydrogens is 660 g/mol. The number of nitrogens with zero attached hydrogens (tertiary/aromatic N) is 4. The summed E-state index contributed by atoms with van der Waals surface area (Å²) in [5, 5.41) is 10.6. The lowest BCUT2D eigenvalue weighted by molar-refractivity contribution is 0.0586. The van der Waals surface area contributed by atoms with Crippen LogP contribution in [0.2, 0.25) is 0 Å². The highest BCUT2D eigenvalue weighted by Gasteiger charge is 2.25. The van der Waals surface area contributed by atoms with Crippen LogP contribution in [0.5, 0.6) is 11.5 Å². The summed E-state index contributed by atoms with van der Waals surface area (Å²) in [5.74, 6) is -2.66. The van der Waals surface area contributed by atoms with Gasteiger partial charge in [-0.2, -0.15) is 0 Å². The molecule has 0 saturated carbocycles. The molecule has 0 unspecified atom stereocenters. The van der Waals surface area contributed by atoms with Crippen LogP contribution in [0.1, 0.15) is 32.1 Å². The third kappa shape index (κ3) is 6.24. The zero-order valence-electron chi connectivity index (χ0n) is 26.7. The van der Waals surface area contributed by atoms with E-state index in [1.807, 2.05) is 60.7 Å². The Morgan fingerprint density at radius 3 is 1.49 bits per heavy atom. The predicted molar refractivity (Wildman–Crippen MR) is 182 cm³/mol. The second kappa shape index (κ2) is 13.7. The molecule has 4 aromatic heterocycles. The number of hydrogen-bond donors (Lipinski definition) is 1. The van der Waals surface area contributed by atoms with Crippen LogP contribution in [0, 0.1) is 0 Å². The normalized spacial score (nSPS) is 11.0. The van der Waals surface area contributed by atoms with Crippen LogP contribution in [-0.4, -0.2) is 43.3 Å². The number of methoxy groups -OCH3 is 1. The molecule has 8 aromatic rings. The van der Waals surface area contributed by atoms with Gasteiger partial charge in [0, 0.05) is 0 Å². The number of esters is 1. The molecule has 0 amide bonds. The number of benzene rings is 4.